The van der Waals surface area contributed by atoms with Gasteiger partial charge in [-0.25, -0.2) is 4.39 Å². The molecular formula is C26H23FN4O3. The molecule has 0 bridgehead atoms. The molecule has 2 aromatic carbocycles. The Labute approximate surface area is 196 Å². The maximum absolute atomic E-state index is 13.7. The van der Waals surface area contributed by atoms with Crippen molar-refractivity contribution < 1.29 is 18.7 Å². The SMILES string of the molecule is Cn1cc(-c2cc(Oc3ccc4c(c3)C(=O)N(Cc3cccc(F)c3)C(C)(C)O4)ccn2)cn1. The van der Waals surface area contributed by atoms with Crippen LogP contribution in [0, 0.1) is 5.82 Å². The van der Waals surface area contributed by atoms with Gasteiger partial charge in [0.1, 0.15) is 23.1 Å². The fourth-order valence-electron chi connectivity index (χ4n) is 3.95. The molecule has 0 atom stereocenters. The first-order valence-corrected chi connectivity index (χ1v) is 10.8. The summed E-state index contributed by atoms with van der Waals surface area (Å²) in [5, 5.41) is 4.18. The molecule has 34 heavy (non-hydrogen) atoms. The number of hydrogen-bond acceptors (Lipinski definition) is 5. The van der Waals surface area contributed by atoms with Gasteiger partial charge in [0.2, 0.25) is 0 Å². The van der Waals surface area contributed by atoms with E-state index in [1.807, 2.05) is 33.2 Å². The monoisotopic (exact) mass is 458 g/mol. The van der Waals surface area contributed by atoms with Crippen molar-refractivity contribution in [1.29, 1.82) is 0 Å². The van der Waals surface area contributed by atoms with E-state index >= 15 is 0 Å². The van der Waals surface area contributed by atoms with Crippen molar-refractivity contribution in [3.8, 4) is 28.5 Å². The number of hydrogen-bond donors (Lipinski definition) is 0. The van der Waals surface area contributed by atoms with Crippen LogP contribution in [0.15, 0.2) is 73.2 Å². The minimum atomic E-state index is -0.900. The normalized spacial score (nSPS) is 14.5. The van der Waals surface area contributed by atoms with E-state index in [0.29, 0.717) is 28.4 Å². The van der Waals surface area contributed by atoms with Crippen molar-refractivity contribution in [1.82, 2.24) is 19.7 Å². The van der Waals surface area contributed by atoms with Gasteiger partial charge in [-0.15, -0.1) is 0 Å². The van der Waals surface area contributed by atoms with Gasteiger partial charge in [-0.3, -0.25) is 19.4 Å². The Morgan fingerprint density at radius 2 is 1.91 bits per heavy atom. The van der Waals surface area contributed by atoms with Gasteiger partial charge < -0.3 is 9.47 Å². The van der Waals surface area contributed by atoms with Gasteiger partial charge in [0.25, 0.3) is 5.91 Å². The zero-order valence-corrected chi connectivity index (χ0v) is 19.0. The van der Waals surface area contributed by atoms with Gasteiger partial charge in [0, 0.05) is 37.6 Å². The van der Waals surface area contributed by atoms with E-state index in [-0.39, 0.29) is 18.3 Å². The van der Waals surface area contributed by atoms with Crippen LogP contribution in [0.1, 0.15) is 29.8 Å². The van der Waals surface area contributed by atoms with Crippen molar-refractivity contribution >= 4 is 5.91 Å². The summed E-state index contributed by atoms with van der Waals surface area (Å²) in [5.74, 6) is 0.981. The summed E-state index contributed by atoms with van der Waals surface area (Å²) in [4.78, 5) is 19.4. The topological polar surface area (TPSA) is 69.5 Å². The summed E-state index contributed by atoms with van der Waals surface area (Å²) in [7, 11) is 1.84. The highest BCUT2D eigenvalue weighted by Gasteiger charge is 2.40. The smallest absolute Gasteiger partial charge is 0.261 e. The predicted molar refractivity (Wildman–Crippen MR) is 124 cm³/mol. The molecule has 0 unspecified atom stereocenters. The lowest BCUT2D eigenvalue weighted by Gasteiger charge is -2.42. The van der Waals surface area contributed by atoms with E-state index in [9.17, 15) is 9.18 Å². The second-order valence-corrected chi connectivity index (χ2v) is 8.61. The molecule has 0 N–H and O–H groups in total. The van der Waals surface area contributed by atoms with E-state index in [2.05, 4.69) is 10.1 Å². The van der Waals surface area contributed by atoms with Gasteiger partial charge in [-0.1, -0.05) is 12.1 Å². The molecule has 1 amide bonds. The highest BCUT2D eigenvalue weighted by molar-refractivity contribution is 5.98. The third kappa shape index (κ3) is 4.22. The lowest BCUT2D eigenvalue weighted by Crippen LogP contribution is -2.54. The first-order valence-electron chi connectivity index (χ1n) is 10.8. The number of pyridine rings is 1. The third-order valence-corrected chi connectivity index (χ3v) is 5.63. The number of carbonyl (C=O) groups is 1. The van der Waals surface area contributed by atoms with Crippen molar-refractivity contribution in [3.05, 3.63) is 90.1 Å². The van der Waals surface area contributed by atoms with Crippen molar-refractivity contribution in [2.24, 2.45) is 7.05 Å². The number of nitrogens with zero attached hydrogens (tertiary/aromatic N) is 4. The molecule has 0 aliphatic carbocycles. The molecule has 2 aromatic heterocycles. The Hall–Kier alpha value is -4.20. The number of fused-ring (bicyclic) bond motifs is 1. The summed E-state index contributed by atoms with van der Waals surface area (Å²) in [6, 6.07) is 14.9. The standard InChI is InChI=1S/C26H23FN4O3/c1-26(2)31(15-17-5-4-6-19(27)11-17)25(32)22-12-20(7-8-24(22)34-26)33-21-9-10-28-23(13-21)18-14-29-30(3)16-18/h4-14,16H,15H2,1-3H3. The Morgan fingerprint density at radius 1 is 1.09 bits per heavy atom. The van der Waals surface area contributed by atoms with E-state index in [0.717, 1.165) is 11.3 Å². The highest BCUT2D eigenvalue weighted by atomic mass is 19.1. The average molecular weight is 458 g/mol. The van der Waals surface area contributed by atoms with Crippen LogP contribution < -0.4 is 9.47 Å². The number of benzene rings is 2. The molecule has 4 aromatic rings. The maximum Gasteiger partial charge on any atom is 0.261 e. The minimum Gasteiger partial charge on any atom is -0.468 e. The molecule has 1 aliphatic rings. The van der Waals surface area contributed by atoms with Gasteiger partial charge in [-0.2, -0.15) is 5.10 Å². The number of ether oxygens (including phenoxy) is 2. The van der Waals surface area contributed by atoms with Crippen LogP contribution >= 0.6 is 0 Å². The van der Waals surface area contributed by atoms with E-state index in [4.69, 9.17) is 9.47 Å². The quantitative estimate of drug-likeness (QED) is 0.412. The molecule has 3 heterocycles. The van der Waals surface area contributed by atoms with E-state index in [1.54, 1.807) is 58.4 Å². The number of amides is 1. The van der Waals surface area contributed by atoms with Crippen LogP contribution in [0.5, 0.6) is 17.2 Å². The molecule has 0 saturated carbocycles. The molecule has 0 radical (unpaired) electrons. The third-order valence-electron chi connectivity index (χ3n) is 5.63. The first kappa shape index (κ1) is 21.6. The highest BCUT2D eigenvalue weighted by Crippen LogP contribution is 2.37. The maximum atomic E-state index is 13.7. The molecule has 172 valence electrons. The van der Waals surface area contributed by atoms with Gasteiger partial charge in [-0.05, 0) is 55.8 Å². The van der Waals surface area contributed by atoms with Crippen molar-refractivity contribution in [2.45, 2.75) is 26.1 Å². The van der Waals surface area contributed by atoms with Gasteiger partial charge in [0.15, 0.2) is 5.72 Å². The second-order valence-electron chi connectivity index (χ2n) is 8.61. The molecule has 0 spiro atoms. The first-order chi connectivity index (χ1) is 16.3. The van der Waals surface area contributed by atoms with Crippen LogP contribution in [-0.2, 0) is 13.6 Å². The fourth-order valence-corrected chi connectivity index (χ4v) is 3.95. The number of aromatic nitrogens is 3. The summed E-state index contributed by atoms with van der Waals surface area (Å²) in [5.41, 5.74) is 1.77. The molecule has 0 fully saturated rings. The summed E-state index contributed by atoms with van der Waals surface area (Å²) < 4.78 is 27.6. The van der Waals surface area contributed by atoms with Crippen LogP contribution in [-0.4, -0.2) is 31.3 Å². The zero-order chi connectivity index (χ0) is 23.9. The Balaban J connectivity index is 1.41. The molecule has 0 saturated heterocycles. The summed E-state index contributed by atoms with van der Waals surface area (Å²) in [6.07, 6.45) is 5.26. The van der Waals surface area contributed by atoms with Crippen molar-refractivity contribution in [3.63, 3.8) is 0 Å². The number of halogens is 1. The summed E-state index contributed by atoms with van der Waals surface area (Å²) >= 11 is 0. The molecular weight excluding hydrogens is 435 g/mol. The lowest BCUT2D eigenvalue weighted by molar-refractivity contribution is -0.0536. The fraction of sp³-hybridized carbons (Fsp3) is 0.192. The van der Waals surface area contributed by atoms with Crippen LogP contribution in [0.4, 0.5) is 4.39 Å². The van der Waals surface area contributed by atoms with Crippen LogP contribution in [0.2, 0.25) is 0 Å². The molecule has 5 rings (SSSR count). The number of rotatable bonds is 5. The molecule has 1 aliphatic heterocycles. The lowest BCUT2D eigenvalue weighted by atomic mass is 10.0. The van der Waals surface area contributed by atoms with Crippen molar-refractivity contribution in [2.75, 3.05) is 0 Å². The van der Waals surface area contributed by atoms with E-state index in [1.165, 1.54) is 12.1 Å². The molecule has 8 heteroatoms. The Kier molecular flexibility index (Phi) is 5.28. The van der Waals surface area contributed by atoms with Crippen LogP contribution in [0.3, 0.4) is 0 Å². The largest absolute Gasteiger partial charge is 0.468 e. The summed E-state index contributed by atoms with van der Waals surface area (Å²) in [6.45, 7) is 3.84. The predicted octanol–water partition coefficient (Wildman–Crippen LogP) is 5.18. The second kappa shape index (κ2) is 8.30. The number of carbonyl (C=O) groups excluding carboxylic acids is 1. The average Bonchev–Trinajstić information content (AvgIpc) is 3.24. The Morgan fingerprint density at radius 3 is 2.68 bits per heavy atom. The Bertz CT molecular complexity index is 1380. The number of aryl methyl sites for hydroxylation is 1. The minimum absolute atomic E-state index is 0.215. The van der Waals surface area contributed by atoms with Gasteiger partial charge >= 0.3 is 0 Å². The van der Waals surface area contributed by atoms with Crippen LogP contribution in [0.25, 0.3) is 11.3 Å². The van der Waals surface area contributed by atoms with E-state index < -0.39 is 5.72 Å². The zero-order valence-electron chi connectivity index (χ0n) is 19.0. The molecule has 7 nitrogen and oxygen atoms in total. The van der Waals surface area contributed by atoms with Gasteiger partial charge in [0.05, 0.1) is 17.5 Å².